The standard InChI is InChI=1S/C15H9BrClN3O3S/c1-19-12-5-2-8(16)6-13(12)24-15(19)18-14(21)10-7-9(20(22)23)3-4-11(10)17/h2-7H,1H3. The molecule has 0 spiro atoms. The smallest absolute Gasteiger partial charge is 0.281 e. The van der Waals surface area contributed by atoms with E-state index < -0.39 is 10.8 Å². The molecule has 9 heteroatoms. The highest BCUT2D eigenvalue weighted by atomic mass is 79.9. The fourth-order valence-electron chi connectivity index (χ4n) is 2.15. The van der Waals surface area contributed by atoms with E-state index in [4.69, 9.17) is 11.6 Å². The lowest BCUT2D eigenvalue weighted by Crippen LogP contribution is -2.13. The molecule has 24 heavy (non-hydrogen) atoms. The molecule has 0 N–H and O–H groups in total. The Morgan fingerprint density at radius 3 is 2.79 bits per heavy atom. The quantitative estimate of drug-likeness (QED) is 0.452. The molecule has 0 bridgehead atoms. The molecule has 1 amide bonds. The van der Waals surface area contributed by atoms with Crippen LogP contribution in [0, 0.1) is 10.1 Å². The summed E-state index contributed by atoms with van der Waals surface area (Å²) >= 11 is 10.7. The van der Waals surface area contributed by atoms with Gasteiger partial charge >= 0.3 is 0 Å². The number of nitrogens with zero attached hydrogens (tertiary/aromatic N) is 3. The number of aromatic nitrogens is 1. The maximum Gasteiger partial charge on any atom is 0.281 e. The number of fused-ring (bicyclic) bond motifs is 1. The van der Waals surface area contributed by atoms with E-state index in [9.17, 15) is 14.9 Å². The first-order valence-corrected chi connectivity index (χ1v) is 8.63. The number of carbonyl (C=O) groups is 1. The second kappa shape index (κ2) is 6.46. The van der Waals surface area contributed by atoms with E-state index in [1.165, 1.54) is 23.5 Å². The van der Waals surface area contributed by atoms with Crippen LogP contribution >= 0.6 is 38.9 Å². The number of aryl methyl sites for hydroxylation is 1. The Morgan fingerprint density at radius 1 is 1.33 bits per heavy atom. The zero-order valence-electron chi connectivity index (χ0n) is 12.2. The third kappa shape index (κ3) is 3.12. The number of hydrogen-bond acceptors (Lipinski definition) is 4. The number of amides is 1. The van der Waals surface area contributed by atoms with Crippen molar-refractivity contribution in [3.8, 4) is 0 Å². The maximum atomic E-state index is 12.4. The van der Waals surface area contributed by atoms with Gasteiger partial charge in [0.1, 0.15) is 0 Å². The van der Waals surface area contributed by atoms with Crippen molar-refractivity contribution in [3.63, 3.8) is 0 Å². The number of thiazole rings is 1. The molecule has 0 saturated carbocycles. The van der Waals surface area contributed by atoms with Gasteiger partial charge in [-0.15, -0.1) is 0 Å². The summed E-state index contributed by atoms with van der Waals surface area (Å²) < 4.78 is 3.68. The van der Waals surface area contributed by atoms with Crippen LogP contribution in [0.1, 0.15) is 10.4 Å². The first-order chi connectivity index (χ1) is 11.4. The largest absolute Gasteiger partial charge is 0.319 e. The molecule has 0 aliphatic carbocycles. The SMILES string of the molecule is Cn1c(=NC(=O)c2cc([N+](=O)[O-])ccc2Cl)sc2cc(Br)ccc21. The summed E-state index contributed by atoms with van der Waals surface area (Å²) in [7, 11) is 1.80. The van der Waals surface area contributed by atoms with Gasteiger partial charge < -0.3 is 4.57 Å². The van der Waals surface area contributed by atoms with Crippen molar-refractivity contribution >= 4 is 60.7 Å². The van der Waals surface area contributed by atoms with Crippen LogP contribution in [-0.2, 0) is 7.05 Å². The lowest BCUT2D eigenvalue weighted by atomic mass is 10.2. The highest BCUT2D eigenvalue weighted by Gasteiger charge is 2.16. The number of carbonyl (C=O) groups excluding carboxylic acids is 1. The second-order valence-electron chi connectivity index (χ2n) is 4.89. The van der Waals surface area contributed by atoms with Crippen LogP contribution in [0.15, 0.2) is 45.9 Å². The zero-order valence-corrected chi connectivity index (χ0v) is 15.4. The minimum absolute atomic E-state index is 0.00417. The predicted octanol–water partition coefficient (Wildman–Crippen LogP) is 4.31. The molecule has 2 aromatic carbocycles. The number of halogens is 2. The minimum Gasteiger partial charge on any atom is -0.319 e. The van der Waals surface area contributed by atoms with Crippen molar-refractivity contribution in [3.05, 3.63) is 66.4 Å². The monoisotopic (exact) mass is 425 g/mol. The Morgan fingerprint density at radius 2 is 2.08 bits per heavy atom. The molecular weight excluding hydrogens is 418 g/mol. The van der Waals surface area contributed by atoms with Gasteiger partial charge in [-0.05, 0) is 24.3 Å². The van der Waals surface area contributed by atoms with Gasteiger partial charge in [0.2, 0.25) is 0 Å². The van der Waals surface area contributed by atoms with Crippen LogP contribution in [0.5, 0.6) is 0 Å². The molecule has 1 aromatic heterocycles. The maximum absolute atomic E-state index is 12.4. The van der Waals surface area contributed by atoms with Crippen molar-refractivity contribution in [1.82, 2.24) is 4.57 Å². The van der Waals surface area contributed by atoms with E-state index >= 15 is 0 Å². The summed E-state index contributed by atoms with van der Waals surface area (Å²) in [5.41, 5.74) is 0.729. The molecule has 6 nitrogen and oxygen atoms in total. The molecule has 0 radical (unpaired) electrons. The summed E-state index contributed by atoms with van der Waals surface area (Å²) in [5.74, 6) is -0.620. The van der Waals surface area contributed by atoms with Crippen LogP contribution in [-0.4, -0.2) is 15.4 Å². The van der Waals surface area contributed by atoms with Crippen molar-refractivity contribution in [2.24, 2.45) is 12.0 Å². The second-order valence-corrected chi connectivity index (χ2v) is 7.23. The van der Waals surface area contributed by atoms with E-state index in [-0.39, 0.29) is 16.3 Å². The van der Waals surface area contributed by atoms with Crippen molar-refractivity contribution in [2.45, 2.75) is 0 Å². The Hall–Kier alpha value is -2.03. The number of nitro benzene ring substituents is 1. The minimum atomic E-state index is -0.620. The molecule has 0 aliphatic rings. The molecule has 3 rings (SSSR count). The predicted molar refractivity (Wildman–Crippen MR) is 96.5 cm³/mol. The molecule has 0 aliphatic heterocycles. The van der Waals surface area contributed by atoms with Gasteiger partial charge in [0.25, 0.3) is 11.6 Å². The first kappa shape index (κ1) is 16.8. The van der Waals surface area contributed by atoms with Crippen LogP contribution in [0.3, 0.4) is 0 Å². The Kier molecular flexibility index (Phi) is 4.53. The average Bonchev–Trinajstić information content (AvgIpc) is 2.82. The topological polar surface area (TPSA) is 77.5 Å². The first-order valence-electron chi connectivity index (χ1n) is 6.65. The van der Waals surface area contributed by atoms with Gasteiger partial charge in [-0.3, -0.25) is 14.9 Å². The summed E-state index contributed by atoms with van der Waals surface area (Å²) in [6, 6.07) is 9.46. The number of non-ortho nitro benzene ring substituents is 1. The van der Waals surface area contributed by atoms with Gasteiger partial charge in [-0.1, -0.05) is 38.9 Å². The summed E-state index contributed by atoms with van der Waals surface area (Å²) in [6.45, 7) is 0. The highest BCUT2D eigenvalue weighted by molar-refractivity contribution is 9.10. The number of hydrogen-bond donors (Lipinski definition) is 0. The third-order valence-corrected chi connectivity index (χ3v) is 5.28. The molecule has 0 fully saturated rings. The molecule has 0 saturated heterocycles. The van der Waals surface area contributed by atoms with Gasteiger partial charge in [-0.25, -0.2) is 0 Å². The number of benzene rings is 2. The number of rotatable bonds is 2. The fraction of sp³-hybridized carbons (Fsp3) is 0.0667. The van der Waals surface area contributed by atoms with Crippen molar-refractivity contribution in [2.75, 3.05) is 0 Å². The van der Waals surface area contributed by atoms with E-state index in [1.54, 1.807) is 11.6 Å². The molecule has 0 unspecified atom stereocenters. The normalized spacial score (nSPS) is 11.9. The molecule has 1 heterocycles. The van der Waals surface area contributed by atoms with Gasteiger partial charge in [0.05, 0.1) is 25.7 Å². The Bertz CT molecular complexity index is 1060. The Labute approximate surface area is 153 Å². The summed E-state index contributed by atoms with van der Waals surface area (Å²) in [6.07, 6.45) is 0. The van der Waals surface area contributed by atoms with Crippen LogP contribution in [0.2, 0.25) is 5.02 Å². The third-order valence-electron chi connectivity index (χ3n) is 3.36. The van der Waals surface area contributed by atoms with E-state index in [0.29, 0.717) is 4.80 Å². The molecule has 0 atom stereocenters. The van der Waals surface area contributed by atoms with Gasteiger partial charge in [0, 0.05) is 23.7 Å². The van der Waals surface area contributed by atoms with Crippen LogP contribution < -0.4 is 4.80 Å². The van der Waals surface area contributed by atoms with E-state index in [0.717, 1.165) is 20.8 Å². The fourth-order valence-corrected chi connectivity index (χ4v) is 3.92. The number of nitro groups is 1. The molecular formula is C15H9BrClN3O3S. The highest BCUT2D eigenvalue weighted by Crippen LogP contribution is 2.24. The Balaban J connectivity index is 2.12. The van der Waals surface area contributed by atoms with Crippen molar-refractivity contribution in [1.29, 1.82) is 0 Å². The molecule has 122 valence electrons. The summed E-state index contributed by atoms with van der Waals surface area (Å²) in [4.78, 5) is 27.3. The van der Waals surface area contributed by atoms with E-state index in [1.807, 2.05) is 18.2 Å². The van der Waals surface area contributed by atoms with Crippen molar-refractivity contribution < 1.29 is 9.72 Å². The van der Waals surface area contributed by atoms with Gasteiger partial charge in [-0.2, -0.15) is 4.99 Å². The molecule has 3 aromatic rings. The average molecular weight is 427 g/mol. The lowest BCUT2D eigenvalue weighted by molar-refractivity contribution is -0.384. The van der Waals surface area contributed by atoms with Crippen LogP contribution in [0.25, 0.3) is 10.2 Å². The van der Waals surface area contributed by atoms with Crippen LogP contribution in [0.4, 0.5) is 5.69 Å². The summed E-state index contributed by atoms with van der Waals surface area (Å²) in [5, 5.41) is 11.0. The van der Waals surface area contributed by atoms with Gasteiger partial charge in [0.15, 0.2) is 4.80 Å². The lowest BCUT2D eigenvalue weighted by Gasteiger charge is -1.99. The zero-order chi connectivity index (χ0) is 17.4. The van der Waals surface area contributed by atoms with E-state index in [2.05, 4.69) is 20.9 Å².